The Balaban J connectivity index is 0.00000300. The summed E-state index contributed by atoms with van der Waals surface area (Å²) < 4.78 is 7.54. The highest BCUT2D eigenvalue weighted by atomic mass is 35.5. The molecule has 1 unspecified atom stereocenters. The number of nitrogens with one attached hydrogen (secondary N) is 2. The molecule has 0 saturated carbocycles. The lowest BCUT2D eigenvalue weighted by molar-refractivity contribution is -0.123. The number of halogens is 1. The average molecular weight is 415 g/mol. The molecule has 154 valence electrons. The first-order valence-electron chi connectivity index (χ1n) is 9.29. The van der Waals surface area contributed by atoms with Gasteiger partial charge < -0.3 is 15.4 Å². The molecule has 1 atom stereocenters. The Morgan fingerprint density at radius 1 is 1.07 bits per heavy atom. The lowest BCUT2D eigenvalue weighted by Gasteiger charge is -2.16. The molecule has 0 saturated heterocycles. The molecule has 6 nitrogen and oxygen atoms in total. The number of carbonyl (C=O) groups is 1. The van der Waals surface area contributed by atoms with E-state index in [1.165, 1.54) is 0 Å². The Morgan fingerprint density at radius 2 is 1.76 bits per heavy atom. The molecule has 7 heteroatoms. The maximum absolute atomic E-state index is 12.6. The maximum atomic E-state index is 12.6. The lowest BCUT2D eigenvalue weighted by Crippen LogP contribution is -2.35. The molecule has 2 aromatic carbocycles. The van der Waals surface area contributed by atoms with Crippen molar-refractivity contribution in [3.05, 3.63) is 89.2 Å². The third-order valence-corrected chi connectivity index (χ3v) is 4.55. The molecule has 3 rings (SSSR count). The van der Waals surface area contributed by atoms with E-state index >= 15 is 0 Å². The zero-order valence-electron chi connectivity index (χ0n) is 16.7. The van der Waals surface area contributed by atoms with Crippen molar-refractivity contribution in [1.82, 2.24) is 20.4 Å². The van der Waals surface area contributed by atoms with Crippen LogP contribution in [0.15, 0.2) is 67.0 Å². The molecule has 0 radical (unpaired) electrons. The minimum atomic E-state index is -0.435. The van der Waals surface area contributed by atoms with Crippen LogP contribution in [0.2, 0.25) is 0 Å². The van der Waals surface area contributed by atoms with Gasteiger partial charge in [-0.1, -0.05) is 54.6 Å². The third-order valence-electron chi connectivity index (χ3n) is 4.55. The van der Waals surface area contributed by atoms with E-state index in [4.69, 9.17) is 4.74 Å². The number of aromatic nitrogens is 2. The summed E-state index contributed by atoms with van der Waals surface area (Å²) in [6.07, 6.45) is 3.54. The second-order valence-electron chi connectivity index (χ2n) is 6.63. The van der Waals surface area contributed by atoms with E-state index in [0.717, 1.165) is 22.3 Å². The monoisotopic (exact) mass is 414 g/mol. The van der Waals surface area contributed by atoms with Crippen molar-refractivity contribution in [1.29, 1.82) is 0 Å². The van der Waals surface area contributed by atoms with E-state index in [9.17, 15) is 4.79 Å². The topological polar surface area (TPSA) is 68.2 Å². The largest absolute Gasteiger partial charge is 0.372 e. The van der Waals surface area contributed by atoms with Gasteiger partial charge in [0.1, 0.15) is 6.04 Å². The Hall–Kier alpha value is -2.67. The van der Waals surface area contributed by atoms with Gasteiger partial charge in [0.15, 0.2) is 0 Å². The highest BCUT2D eigenvalue weighted by Crippen LogP contribution is 2.14. The molecular formula is C22H27ClN4O2. The van der Waals surface area contributed by atoms with E-state index < -0.39 is 6.04 Å². The fourth-order valence-electron chi connectivity index (χ4n) is 3.05. The highest BCUT2D eigenvalue weighted by molar-refractivity contribution is 5.85. The van der Waals surface area contributed by atoms with Crippen LogP contribution in [0.5, 0.6) is 0 Å². The summed E-state index contributed by atoms with van der Waals surface area (Å²) in [6, 6.07) is 17.7. The minimum Gasteiger partial charge on any atom is -0.372 e. The standard InChI is InChI=1S/C22H26N4O2.ClH/c1-23-21(20-13-25-26(2)14-20)22(27)24-12-18-10-6-7-11-19(18)16-28-15-17-8-4-3-5-9-17;/h3-11,13-14,21,23H,12,15-16H2,1-2H3,(H,24,27);1H. The molecule has 0 aliphatic heterocycles. The predicted molar refractivity (Wildman–Crippen MR) is 115 cm³/mol. The second-order valence-corrected chi connectivity index (χ2v) is 6.63. The van der Waals surface area contributed by atoms with E-state index in [0.29, 0.717) is 19.8 Å². The van der Waals surface area contributed by atoms with Crippen LogP contribution in [-0.4, -0.2) is 22.7 Å². The molecule has 3 aromatic rings. The highest BCUT2D eigenvalue weighted by Gasteiger charge is 2.20. The van der Waals surface area contributed by atoms with Gasteiger partial charge in [-0.05, 0) is 23.7 Å². The molecule has 0 bridgehead atoms. The van der Waals surface area contributed by atoms with Crippen LogP contribution in [-0.2, 0) is 36.3 Å². The van der Waals surface area contributed by atoms with Gasteiger partial charge in [0.05, 0.1) is 19.4 Å². The van der Waals surface area contributed by atoms with Crippen molar-refractivity contribution >= 4 is 18.3 Å². The van der Waals surface area contributed by atoms with Gasteiger partial charge in [-0.25, -0.2) is 0 Å². The number of ether oxygens (including phenoxy) is 1. The van der Waals surface area contributed by atoms with Crippen molar-refractivity contribution in [3.63, 3.8) is 0 Å². The van der Waals surface area contributed by atoms with Crippen LogP contribution in [0, 0.1) is 0 Å². The normalized spacial score (nSPS) is 11.5. The number of benzene rings is 2. The molecular weight excluding hydrogens is 388 g/mol. The number of aryl methyl sites for hydroxylation is 1. The van der Waals surface area contributed by atoms with Gasteiger partial charge in [-0.2, -0.15) is 5.10 Å². The van der Waals surface area contributed by atoms with Gasteiger partial charge in [0, 0.05) is 25.4 Å². The SMILES string of the molecule is CNC(C(=O)NCc1ccccc1COCc1ccccc1)c1cnn(C)c1.Cl. The van der Waals surface area contributed by atoms with Gasteiger partial charge >= 0.3 is 0 Å². The summed E-state index contributed by atoms with van der Waals surface area (Å²) in [5.41, 5.74) is 4.09. The Kier molecular flexibility index (Phi) is 8.86. The summed E-state index contributed by atoms with van der Waals surface area (Å²) in [4.78, 5) is 12.6. The predicted octanol–water partition coefficient (Wildman–Crippen LogP) is 3.14. The van der Waals surface area contributed by atoms with Crippen LogP contribution in [0.25, 0.3) is 0 Å². The summed E-state index contributed by atoms with van der Waals surface area (Å²) >= 11 is 0. The number of likely N-dealkylation sites (N-methyl/N-ethyl adjacent to an activating group) is 1. The molecule has 0 aliphatic rings. The van der Waals surface area contributed by atoms with E-state index in [1.807, 2.05) is 67.8 Å². The van der Waals surface area contributed by atoms with Crippen molar-refractivity contribution in [2.24, 2.45) is 7.05 Å². The van der Waals surface area contributed by atoms with Crippen LogP contribution in [0.4, 0.5) is 0 Å². The van der Waals surface area contributed by atoms with E-state index in [-0.39, 0.29) is 18.3 Å². The molecule has 2 N–H and O–H groups in total. The Bertz CT molecular complexity index is 899. The summed E-state index contributed by atoms with van der Waals surface area (Å²) in [7, 11) is 3.60. The van der Waals surface area contributed by atoms with Crippen molar-refractivity contribution in [2.75, 3.05) is 7.05 Å². The quantitative estimate of drug-likeness (QED) is 0.564. The van der Waals surface area contributed by atoms with Gasteiger partial charge in [-0.3, -0.25) is 9.48 Å². The van der Waals surface area contributed by atoms with Gasteiger partial charge in [0.2, 0.25) is 5.91 Å². The van der Waals surface area contributed by atoms with Crippen molar-refractivity contribution < 1.29 is 9.53 Å². The number of hydrogen-bond donors (Lipinski definition) is 2. The van der Waals surface area contributed by atoms with E-state index in [1.54, 1.807) is 17.9 Å². The number of rotatable bonds is 9. The van der Waals surface area contributed by atoms with Crippen LogP contribution >= 0.6 is 12.4 Å². The molecule has 0 spiro atoms. The molecule has 0 aliphatic carbocycles. The van der Waals surface area contributed by atoms with Gasteiger partial charge in [-0.15, -0.1) is 12.4 Å². The molecule has 1 heterocycles. The fourth-order valence-corrected chi connectivity index (χ4v) is 3.05. The number of carbonyl (C=O) groups excluding carboxylic acids is 1. The second kappa shape index (κ2) is 11.4. The van der Waals surface area contributed by atoms with Crippen LogP contribution in [0.3, 0.4) is 0 Å². The third kappa shape index (κ3) is 6.42. The Labute approximate surface area is 177 Å². The van der Waals surface area contributed by atoms with Crippen LogP contribution < -0.4 is 10.6 Å². The lowest BCUT2D eigenvalue weighted by atomic mass is 10.1. The molecule has 1 amide bonds. The number of hydrogen-bond acceptors (Lipinski definition) is 4. The number of nitrogens with zero attached hydrogens (tertiary/aromatic N) is 2. The molecule has 1 aromatic heterocycles. The smallest absolute Gasteiger partial charge is 0.242 e. The summed E-state index contributed by atoms with van der Waals surface area (Å²) in [5, 5.41) is 10.2. The van der Waals surface area contributed by atoms with Crippen molar-refractivity contribution in [3.8, 4) is 0 Å². The first-order chi connectivity index (χ1) is 13.7. The fraction of sp³-hybridized carbons (Fsp3) is 0.273. The summed E-state index contributed by atoms with van der Waals surface area (Å²) in [6.45, 7) is 1.51. The van der Waals surface area contributed by atoms with Gasteiger partial charge in [0.25, 0.3) is 0 Å². The zero-order chi connectivity index (χ0) is 19.8. The first kappa shape index (κ1) is 22.6. The zero-order valence-corrected chi connectivity index (χ0v) is 17.5. The molecule has 29 heavy (non-hydrogen) atoms. The average Bonchev–Trinajstić information content (AvgIpc) is 3.14. The summed E-state index contributed by atoms with van der Waals surface area (Å²) in [5.74, 6) is -0.0875. The van der Waals surface area contributed by atoms with Crippen LogP contribution in [0.1, 0.15) is 28.3 Å². The number of amides is 1. The maximum Gasteiger partial charge on any atom is 0.242 e. The Morgan fingerprint density at radius 3 is 2.41 bits per heavy atom. The molecule has 0 fully saturated rings. The minimum absolute atomic E-state index is 0. The first-order valence-corrected chi connectivity index (χ1v) is 9.29. The van der Waals surface area contributed by atoms with Crippen molar-refractivity contribution in [2.45, 2.75) is 25.8 Å². The van der Waals surface area contributed by atoms with E-state index in [2.05, 4.69) is 15.7 Å².